The number of hydrogen-bond donors (Lipinski definition) is 1. The van der Waals surface area contributed by atoms with Crippen LogP contribution in [0.15, 0.2) is 0 Å². The summed E-state index contributed by atoms with van der Waals surface area (Å²) in [6.45, 7) is 6.59. The Bertz CT molecular complexity index is 159. The van der Waals surface area contributed by atoms with Crippen LogP contribution >= 0.6 is 0 Å². The number of carbonyl (C=O) groups is 1. The Morgan fingerprint density at radius 2 is 2.42 bits per heavy atom. The molecule has 3 heteroatoms. The van der Waals surface area contributed by atoms with Crippen molar-refractivity contribution in [1.82, 2.24) is 10.2 Å². The second-order valence-electron chi connectivity index (χ2n) is 3.48. The number of unbranched alkanes of at least 4 members (excludes halogenated alkanes) is 1. The van der Waals surface area contributed by atoms with Crippen LogP contribution in [0, 0.1) is 0 Å². The quantitative estimate of drug-likeness (QED) is 0.673. The smallest absolute Gasteiger partial charge is 0.236 e. The molecule has 1 aliphatic heterocycles. The van der Waals surface area contributed by atoms with Gasteiger partial charge in [-0.1, -0.05) is 13.3 Å². The van der Waals surface area contributed by atoms with Crippen LogP contribution in [0.2, 0.25) is 0 Å². The third-order valence-electron chi connectivity index (χ3n) is 2.23. The predicted molar refractivity (Wildman–Crippen MR) is 49.0 cm³/mol. The van der Waals surface area contributed by atoms with Gasteiger partial charge in [-0.15, -0.1) is 0 Å². The van der Waals surface area contributed by atoms with Gasteiger partial charge < -0.3 is 10.2 Å². The summed E-state index contributed by atoms with van der Waals surface area (Å²) in [6, 6.07) is 0.458. The van der Waals surface area contributed by atoms with Crippen LogP contribution in [0.3, 0.4) is 0 Å². The summed E-state index contributed by atoms with van der Waals surface area (Å²) < 4.78 is 0. The molecule has 0 aromatic rings. The molecule has 1 amide bonds. The van der Waals surface area contributed by atoms with E-state index in [0.29, 0.717) is 12.6 Å². The molecule has 1 aliphatic rings. The second-order valence-corrected chi connectivity index (χ2v) is 3.48. The topological polar surface area (TPSA) is 32.3 Å². The minimum atomic E-state index is 0.251. The average Bonchev–Trinajstić information content (AvgIpc) is 2.07. The zero-order valence-corrected chi connectivity index (χ0v) is 7.97. The Morgan fingerprint density at radius 3 is 3.08 bits per heavy atom. The molecule has 0 unspecified atom stereocenters. The highest BCUT2D eigenvalue weighted by Crippen LogP contribution is 2.02. The molecule has 1 atom stereocenters. The summed E-state index contributed by atoms with van der Waals surface area (Å²) in [4.78, 5) is 13.3. The molecule has 0 aliphatic carbocycles. The van der Waals surface area contributed by atoms with Crippen molar-refractivity contribution in [2.45, 2.75) is 32.7 Å². The molecule has 0 saturated carbocycles. The SMILES string of the molecule is CCCCN1C[C@@H](C)NCC1=O. The molecular weight excluding hydrogens is 152 g/mol. The molecule has 1 N–H and O–H groups in total. The Labute approximate surface area is 74.1 Å². The van der Waals surface area contributed by atoms with Crippen LogP contribution in [-0.2, 0) is 4.79 Å². The van der Waals surface area contributed by atoms with E-state index in [-0.39, 0.29) is 5.91 Å². The van der Waals surface area contributed by atoms with Gasteiger partial charge >= 0.3 is 0 Å². The molecule has 12 heavy (non-hydrogen) atoms. The van der Waals surface area contributed by atoms with Gasteiger partial charge in [-0.3, -0.25) is 4.79 Å². The number of carbonyl (C=O) groups excluding carboxylic acids is 1. The minimum absolute atomic E-state index is 0.251. The van der Waals surface area contributed by atoms with Gasteiger partial charge in [-0.25, -0.2) is 0 Å². The van der Waals surface area contributed by atoms with Crippen LogP contribution in [0.1, 0.15) is 26.7 Å². The number of nitrogens with zero attached hydrogens (tertiary/aromatic N) is 1. The van der Waals surface area contributed by atoms with E-state index < -0.39 is 0 Å². The summed E-state index contributed by atoms with van der Waals surface area (Å²) in [5.41, 5.74) is 0. The zero-order chi connectivity index (χ0) is 8.97. The predicted octanol–water partition coefficient (Wildman–Crippen LogP) is 0.607. The first-order chi connectivity index (χ1) is 5.74. The Morgan fingerprint density at radius 1 is 1.67 bits per heavy atom. The summed E-state index contributed by atoms with van der Waals surface area (Å²) in [5, 5.41) is 3.15. The lowest BCUT2D eigenvalue weighted by molar-refractivity contribution is -0.132. The maximum atomic E-state index is 11.3. The Kier molecular flexibility index (Phi) is 3.53. The molecule has 1 rings (SSSR count). The monoisotopic (exact) mass is 170 g/mol. The van der Waals surface area contributed by atoms with Crippen molar-refractivity contribution in [3.8, 4) is 0 Å². The van der Waals surface area contributed by atoms with E-state index in [9.17, 15) is 4.79 Å². The molecular formula is C9H18N2O. The molecule has 0 spiro atoms. The maximum absolute atomic E-state index is 11.3. The van der Waals surface area contributed by atoms with Gasteiger partial charge in [0.15, 0.2) is 0 Å². The fraction of sp³-hybridized carbons (Fsp3) is 0.889. The molecule has 3 nitrogen and oxygen atoms in total. The van der Waals surface area contributed by atoms with E-state index in [1.54, 1.807) is 0 Å². The van der Waals surface area contributed by atoms with Gasteiger partial charge in [0, 0.05) is 19.1 Å². The van der Waals surface area contributed by atoms with Gasteiger partial charge in [0.25, 0.3) is 0 Å². The molecule has 0 bridgehead atoms. The number of rotatable bonds is 3. The van der Waals surface area contributed by atoms with Crippen LogP contribution < -0.4 is 5.32 Å². The first-order valence-electron chi connectivity index (χ1n) is 4.75. The summed E-state index contributed by atoms with van der Waals surface area (Å²) >= 11 is 0. The second kappa shape index (κ2) is 4.45. The van der Waals surface area contributed by atoms with E-state index >= 15 is 0 Å². The van der Waals surface area contributed by atoms with Crippen LogP contribution in [0.5, 0.6) is 0 Å². The average molecular weight is 170 g/mol. The minimum Gasteiger partial charge on any atom is -0.340 e. The lowest BCUT2D eigenvalue weighted by Gasteiger charge is -2.31. The molecule has 1 heterocycles. The largest absolute Gasteiger partial charge is 0.340 e. The number of piperazine rings is 1. The van der Waals surface area contributed by atoms with Gasteiger partial charge in [0.1, 0.15) is 0 Å². The van der Waals surface area contributed by atoms with E-state index in [1.807, 2.05) is 4.90 Å². The van der Waals surface area contributed by atoms with E-state index in [4.69, 9.17) is 0 Å². The highest BCUT2D eigenvalue weighted by molar-refractivity contribution is 5.79. The van der Waals surface area contributed by atoms with Gasteiger partial charge in [0.05, 0.1) is 6.54 Å². The van der Waals surface area contributed by atoms with Crippen molar-refractivity contribution in [2.75, 3.05) is 19.6 Å². The molecule has 70 valence electrons. The fourth-order valence-electron chi connectivity index (χ4n) is 1.44. The maximum Gasteiger partial charge on any atom is 0.236 e. The first kappa shape index (κ1) is 9.52. The lowest BCUT2D eigenvalue weighted by Crippen LogP contribution is -2.52. The highest BCUT2D eigenvalue weighted by atomic mass is 16.2. The van der Waals surface area contributed by atoms with Crippen molar-refractivity contribution in [2.24, 2.45) is 0 Å². The summed E-state index contributed by atoms with van der Waals surface area (Å²) in [7, 11) is 0. The number of amides is 1. The number of nitrogens with one attached hydrogen (secondary N) is 1. The van der Waals surface area contributed by atoms with Gasteiger partial charge in [-0.05, 0) is 13.3 Å². The van der Waals surface area contributed by atoms with E-state index in [0.717, 1.165) is 25.9 Å². The van der Waals surface area contributed by atoms with Crippen molar-refractivity contribution in [1.29, 1.82) is 0 Å². The summed E-state index contributed by atoms with van der Waals surface area (Å²) in [6.07, 6.45) is 2.28. The summed E-state index contributed by atoms with van der Waals surface area (Å²) in [5.74, 6) is 0.251. The van der Waals surface area contributed by atoms with Crippen LogP contribution in [0.25, 0.3) is 0 Å². The lowest BCUT2D eigenvalue weighted by atomic mass is 10.2. The molecule has 1 saturated heterocycles. The molecule has 0 radical (unpaired) electrons. The third kappa shape index (κ3) is 2.48. The fourth-order valence-corrected chi connectivity index (χ4v) is 1.44. The van der Waals surface area contributed by atoms with Crippen LogP contribution in [-0.4, -0.2) is 36.5 Å². The van der Waals surface area contributed by atoms with Crippen LogP contribution in [0.4, 0.5) is 0 Å². The first-order valence-corrected chi connectivity index (χ1v) is 4.75. The zero-order valence-electron chi connectivity index (χ0n) is 7.97. The van der Waals surface area contributed by atoms with Gasteiger partial charge in [0.2, 0.25) is 5.91 Å². The van der Waals surface area contributed by atoms with E-state index in [2.05, 4.69) is 19.2 Å². The normalized spacial score (nSPS) is 24.7. The van der Waals surface area contributed by atoms with Crippen molar-refractivity contribution in [3.63, 3.8) is 0 Å². The van der Waals surface area contributed by atoms with Gasteiger partial charge in [-0.2, -0.15) is 0 Å². The van der Waals surface area contributed by atoms with E-state index in [1.165, 1.54) is 0 Å². The highest BCUT2D eigenvalue weighted by Gasteiger charge is 2.20. The molecule has 0 aromatic carbocycles. The van der Waals surface area contributed by atoms with Crippen molar-refractivity contribution in [3.05, 3.63) is 0 Å². The molecule has 0 aromatic heterocycles. The third-order valence-corrected chi connectivity index (χ3v) is 2.23. The standard InChI is InChI=1S/C9H18N2O/c1-3-4-5-11-7-8(2)10-6-9(11)12/h8,10H,3-7H2,1-2H3/t8-/m1/s1. The Hall–Kier alpha value is -0.570. The number of hydrogen-bond acceptors (Lipinski definition) is 2. The van der Waals surface area contributed by atoms with Crippen molar-refractivity contribution < 1.29 is 4.79 Å². The molecule has 1 fully saturated rings. The Balaban J connectivity index is 2.33. The van der Waals surface area contributed by atoms with Crippen molar-refractivity contribution >= 4 is 5.91 Å².